The summed E-state index contributed by atoms with van der Waals surface area (Å²) in [6.07, 6.45) is 4.06. The maximum Gasteiger partial charge on any atom is 0.229 e. The highest BCUT2D eigenvalue weighted by Crippen LogP contribution is 2.30. The van der Waals surface area contributed by atoms with Gasteiger partial charge in [0, 0.05) is 56.9 Å². The predicted molar refractivity (Wildman–Crippen MR) is 169 cm³/mol. The number of aryl methyl sites for hydroxylation is 1. The first kappa shape index (κ1) is 31.6. The standard InChI is InChI=1S/C31H40F2N8O2Si/c1-20(2)41-21(3)36-30-24(32)15-23(16-26(30)41)29-25(33)18-35-31(38-29)37-27-9-8-22(17-34-27)19-39-10-12-40(13-11-39)28(42)7-6-14-44(4,5)43/h8-9,15-18,20,43H,6-7,10-14,19H2,1-5H3,(H,34,35,37,38). The van der Waals surface area contributed by atoms with Crippen molar-refractivity contribution in [2.75, 3.05) is 31.5 Å². The minimum absolute atomic E-state index is 0.0224. The SMILES string of the molecule is Cc1nc2c(F)cc(-c3nc(Nc4ccc(CN5CCN(C(=O)CCC[Si](C)(C)O)CC5)cn4)ncc3F)cc2n1C(C)C. The van der Waals surface area contributed by atoms with Crippen molar-refractivity contribution < 1.29 is 18.4 Å². The van der Waals surface area contributed by atoms with Crippen LogP contribution in [0.25, 0.3) is 22.3 Å². The fraction of sp³-hybridized carbons (Fsp3) is 0.452. The summed E-state index contributed by atoms with van der Waals surface area (Å²) >= 11 is 0. The summed E-state index contributed by atoms with van der Waals surface area (Å²) in [6.45, 7) is 13.2. The van der Waals surface area contributed by atoms with Crippen molar-refractivity contribution >= 4 is 37.0 Å². The second-order valence-corrected chi connectivity index (χ2v) is 16.5. The van der Waals surface area contributed by atoms with Crippen molar-refractivity contribution in [3.63, 3.8) is 0 Å². The Kier molecular flexibility index (Phi) is 9.37. The van der Waals surface area contributed by atoms with Gasteiger partial charge in [-0.15, -0.1) is 0 Å². The van der Waals surface area contributed by atoms with Crippen molar-refractivity contribution in [3.05, 3.63) is 59.7 Å². The second kappa shape index (κ2) is 13.0. The van der Waals surface area contributed by atoms with Crippen LogP contribution in [0.2, 0.25) is 19.1 Å². The molecule has 0 radical (unpaired) electrons. The number of fused-ring (bicyclic) bond motifs is 1. The molecule has 10 nitrogen and oxygen atoms in total. The van der Waals surface area contributed by atoms with Crippen LogP contribution < -0.4 is 5.32 Å². The lowest BCUT2D eigenvalue weighted by molar-refractivity contribution is -0.133. The van der Waals surface area contributed by atoms with Crippen LogP contribution in [0.5, 0.6) is 0 Å². The van der Waals surface area contributed by atoms with E-state index in [0.29, 0.717) is 48.8 Å². The Labute approximate surface area is 257 Å². The normalized spacial score (nSPS) is 14.5. The number of hydrogen-bond donors (Lipinski definition) is 2. The second-order valence-electron chi connectivity index (χ2n) is 12.3. The minimum atomic E-state index is -2.11. The van der Waals surface area contributed by atoms with Crippen molar-refractivity contribution in [1.82, 2.24) is 34.3 Å². The molecule has 0 spiro atoms. The van der Waals surface area contributed by atoms with Gasteiger partial charge >= 0.3 is 0 Å². The van der Waals surface area contributed by atoms with E-state index in [0.717, 1.165) is 37.3 Å². The highest BCUT2D eigenvalue weighted by atomic mass is 28.4. The third kappa shape index (κ3) is 7.45. The maximum atomic E-state index is 15.0. The van der Waals surface area contributed by atoms with E-state index in [9.17, 15) is 14.0 Å². The van der Waals surface area contributed by atoms with Crippen molar-refractivity contribution in [1.29, 1.82) is 0 Å². The number of amides is 1. The fourth-order valence-electron chi connectivity index (χ4n) is 5.64. The van der Waals surface area contributed by atoms with Gasteiger partial charge in [-0.2, -0.15) is 0 Å². The number of rotatable bonds is 10. The Morgan fingerprint density at radius 2 is 1.80 bits per heavy atom. The van der Waals surface area contributed by atoms with Gasteiger partial charge in [0.1, 0.15) is 22.9 Å². The number of carbonyl (C=O) groups is 1. The first-order valence-corrected chi connectivity index (χ1v) is 18.2. The summed E-state index contributed by atoms with van der Waals surface area (Å²) in [5, 5.41) is 3.02. The van der Waals surface area contributed by atoms with Crippen LogP contribution in [-0.4, -0.2) is 79.5 Å². The Morgan fingerprint density at radius 3 is 2.45 bits per heavy atom. The predicted octanol–water partition coefficient (Wildman–Crippen LogP) is 5.42. The lowest BCUT2D eigenvalue weighted by atomic mass is 10.1. The molecule has 0 bridgehead atoms. The fourth-order valence-corrected chi connectivity index (χ4v) is 6.68. The molecular formula is C31H40F2N8O2Si. The largest absolute Gasteiger partial charge is 0.432 e. The van der Waals surface area contributed by atoms with Crippen molar-refractivity contribution in [2.45, 2.75) is 65.3 Å². The average Bonchev–Trinajstić information content (AvgIpc) is 3.31. The molecule has 0 atom stereocenters. The summed E-state index contributed by atoms with van der Waals surface area (Å²) in [7, 11) is -2.11. The highest BCUT2D eigenvalue weighted by molar-refractivity contribution is 6.69. The van der Waals surface area contributed by atoms with Crippen LogP contribution in [0.3, 0.4) is 0 Å². The molecule has 234 valence electrons. The number of pyridine rings is 1. The van der Waals surface area contributed by atoms with E-state index in [1.54, 1.807) is 12.3 Å². The number of nitrogens with one attached hydrogen (secondary N) is 1. The topological polar surface area (TPSA) is 112 Å². The Morgan fingerprint density at radius 1 is 1.05 bits per heavy atom. The highest BCUT2D eigenvalue weighted by Gasteiger charge is 2.23. The van der Waals surface area contributed by atoms with Crippen LogP contribution in [0.4, 0.5) is 20.5 Å². The molecule has 13 heteroatoms. The van der Waals surface area contributed by atoms with Gasteiger partial charge in [-0.1, -0.05) is 6.07 Å². The van der Waals surface area contributed by atoms with E-state index in [1.165, 1.54) is 6.07 Å². The van der Waals surface area contributed by atoms with E-state index in [1.807, 2.05) is 55.5 Å². The number of aromatic nitrogens is 5. The molecule has 5 rings (SSSR count). The molecule has 0 unspecified atom stereocenters. The number of carbonyl (C=O) groups excluding carboxylic acids is 1. The molecule has 1 aromatic carbocycles. The first-order chi connectivity index (χ1) is 20.9. The zero-order valence-corrected chi connectivity index (χ0v) is 26.9. The number of halogens is 2. The monoisotopic (exact) mass is 622 g/mol. The van der Waals surface area contributed by atoms with Crippen LogP contribution in [-0.2, 0) is 11.3 Å². The maximum absolute atomic E-state index is 15.0. The molecule has 0 saturated carbocycles. The van der Waals surface area contributed by atoms with E-state index >= 15 is 4.39 Å². The zero-order chi connectivity index (χ0) is 31.6. The Hall–Kier alpha value is -3.81. The molecule has 44 heavy (non-hydrogen) atoms. The summed E-state index contributed by atoms with van der Waals surface area (Å²) < 4.78 is 31.8. The smallest absolute Gasteiger partial charge is 0.229 e. The molecule has 2 N–H and O–H groups in total. The van der Waals surface area contributed by atoms with E-state index < -0.39 is 20.0 Å². The van der Waals surface area contributed by atoms with Crippen molar-refractivity contribution in [2.24, 2.45) is 0 Å². The van der Waals surface area contributed by atoms with Gasteiger partial charge in [-0.25, -0.2) is 28.7 Å². The van der Waals surface area contributed by atoms with E-state index in [4.69, 9.17) is 0 Å². The number of piperazine rings is 1. The Balaban J connectivity index is 1.20. The molecule has 1 amide bonds. The molecular weight excluding hydrogens is 582 g/mol. The third-order valence-electron chi connectivity index (χ3n) is 7.83. The average molecular weight is 623 g/mol. The zero-order valence-electron chi connectivity index (χ0n) is 25.9. The van der Waals surface area contributed by atoms with Crippen molar-refractivity contribution in [3.8, 4) is 11.3 Å². The molecule has 4 aromatic rings. The quantitative estimate of drug-likeness (QED) is 0.226. The van der Waals surface area contributed by atoms with E-state index in [2.05, 4.69) is 30.2 Å². The van der Waals surface area contributed by atoms with Gasteiger partial charge in [-0.3, -0.25) is 9.69 Å². The van der Waals surface area contributed by atoms with Gasteiger partial charge in [-0.05, 0) is 70.1 Å². The minimum Gasteiger partial charge on any atom is -0.432 e. The number of imidazole rings is 1. The lowest BCUT2D eigenvalue weighted by Gasteiger charge is -2.35. The lowest BCUT2D eigenvalue weighted by Crippen LogP contribution is -2.48. The van der Waals surface area contributed by atoms with Gasteiger partial charge in [0.15, 0.2) is 20.0 Å². The number of anilines is 2. The summed E-state index contributed by atoms with van der Waals surface area (Å²) in [4.78, 5) is 44.0. The van der Waals surface area contributed by atoms with Crippen LogP contribution in [0, 0.1) is 18.6 Å². The summed E-state index contributed by atoms with van der Waals surface area (Å²) in [5.41, 5.74) is 2.11. The molecule has 1 saturated heterocycles. The van der Waals surface area contributed by atoms with Gasteiger partial charge in [0.05, 0.1) is 11.7 Å². The summed E-state index contributed by atoms with van der Waals surface area (Å²) in [5.74, 6) is 0.268. The molecule has 0 aliphatic carbocycles. The van der Waals surface area contributed by atoms with Crippen LogP contribution in [0.15, 0.2) is 36.7 Å². The molecule has 1 aliphatic heterocycles. The van der Waals surface area contributed by atoms with Crippen LogP contribution in [0.1, 0.15) is 44.1 Å². The summed E-state index contributed by atoms with van der Waals surface area (Å²) in [6, 6.07) is 7.51. The van der Waals surface area contributed by atoms with Gasteiger partial charge in [0.25, 0.3) is 0 Å². The molecule has 1 fully saturated rings. The number of nitrogens with zero attached hydrogens (tertiary/aromatic N) is 7. The van der Waals surface area contributed by atoms with Gasteiger partial charge in [0.2, 0.25) is 11.9 Å². The molecule has 4 heterocycles. The first-order valence-electron chi connectivity index (χ1n) is 15.0. The molecule has 3 aromatic heterocycles. The number of hydrogen-bond acceptors (Lipinski definition) is 8. The van der Waals surface area contributed by atoms with Crippen LogP contribution >= 0.6 is 0 Å². The van der Waals surface area contributed by atoms with Gasteiger partial charge < -0.3 is 19.6 Å². The Bertz CT molecular complexity index is 1630. The number of benzene rings is 1. The molecule has 1 aliphatic rings. The third-order valence-corrected chi connectivity index (χ3v) is 9.41. The van der Waals surface area contributed by atoms with E-state index in [-0.39, 0.29) is 29.1 Å².